The molecular weight excluding hydrogens is 328 g/mol. The van der Waals surface area contributed by atoms with Crippen molar-refractivity contribution < 1.29 is 14.3 Å². The van der Waals surface area contributed by atoms with E-state index >= 15 is 0 Å². The van der Waals surface area contributed by atoms with E-state index < -0.39 is 0 Å². The van der Waals surface area contributed by atoms with Crippen LogP contribution in [0.15, 0.2) is 24.3 Å². The number of carbonyl (C=O) groups is 2. The molecule has 144 valence electrons. The average Bonchev–Trinajstić information content (AvgIpc) is 2.96. The highest BCUT2D eigenvalue weighted by Gasteiger charge is 2.35. The molecule has 1 aromatic carbocycles. The number of carbonyl (C=O) groups excluding carboxylic acids is 2. The SMILES string of the molecule is CC(CCc1ccc(OC(C)C)cc1)NC(=O)C1CC(=O)N(C(C)C)C1. The van der Waals surface area contributed by atoms with Gasteiger partial charge in [0.1, 0.15) is 5.75 Å². The molecule has 1 heterocycles. The summed E-state index contributed by atoms with van der Waals surface area (Å²) in [4.78, 5) is 26.2. The summed E-state index contributed by atoms with van der Waals surface area (Å²) < 4.78 is 5.65. The van der Waals surface area contributed by atoms with Crippen LogP contribution in [0, 0.1) is 5.92 Å². The summed E-state index contributed by atoms with van der Waals surface area (Å²) in [6.45, 7) is 10.5. The van der Waals surface area contributed by atoms with Gasteiger partial charge >= 0.3 is 0 Å². The van der Waals surface area contributed by atoms with Gasteiger partial charge in [-0.05, 0) is 65.2 Å². The Bertz CT molecular complexity index is 610. The maximum absolute atomic E-state index is 12.4. The number of aryl methyl sites for hydroxylation is 1. The van der Waals surface area contributed by atoms with Crippen LogP contribution >= 0.6 is 0 Å². The Hall–Kier alpha value is -2.04. The monoisotopic (exact) mass is 360 g/mol. The molecule has 1 aliphatic heterocycles. The van der Waals surface area contributed by atoms with E-state index in [0.29, 0.717) is 13.0 Å². The minimum atomic E-state index is -0.222. The third-order valence-electron chi connectivity index (χ3n) is 4.70. The summed E-state index contributed by atoms with van der Waals surface area (Å²) in [5.74, 6) is 0.733. The highest BCUT2D eigenvalue weighted by Crippen LogP contribution is 2.21. The van der Waals surface area contributed by atoms with Crippen molar-refractivity contribution in [2.75, 3.05) is 6.54 Å². The Morgan fingerprint density at radius 1 is 1.19 bits per heavy atom. The smallest absolute Gasteiger partial charge is 0.225 e. The lowest BCUT2D eigenvalue weighted by molar-refractivity contribution is -0.130. The van der Waals surface area contributed by atoms with Crippen molar-refractivity contribution in [1.29, 1.82) is 0 Å². The fourth-order valence-corrected chi connectivity index (χ4v) is 3.23. The van der Waals surface area contributed by atoms with Gasteiger partial charge in [0.2, 0.25) is 11.8 Å². The lowest BCUT2D eigenvalue weighted by atomic mass is 10.0. The second-order valence-corrected chi connectivity index (χ2v) is 7.80. The molecule has 1 N–H and O–H groups in total. The zero-order chi connectivity index (χ0) is 19.3. The van der Waals surface area contributed by atoms with Gasteiger partial charge in [-0.25, -0.2) is 0 Å². The van der Waals surface area contributed by atoms with E-state index in [1.165, 1.54) is 5.56 Å². The first-order chi connectivity index (χ1) is 12.3. The van der Waals surface area contributed by atoms with Crippen LogP contribution in [0.5, 0.6) is 5.75 Å². The van der Waals surface area contributed by atoms with Gasteiger partial charge in [-0.2, -0.15) is 0 Å². The Labute approximate surface area is 157 Å². The van der Waals surface area contributed by atoms with Crippen molar-refractivity contribution in [3.8, 4) is 5.75 Å². The van der Waals surface area contributed by atoms with E-state index in [9.17, 15) is 9.59 Å². The first kappa shape index (κ1) is 20.3. The molecule has 2 unspecified atom stereocenters. The van der Waals surface area contributed by atoms with Crippen LogP contribution in [-0.2, 0) is 16.0 Å². The van der Waals surface area contributed by atoms with Gasteiger partial charge in [0, 0.05) is 25.0 Å². The first-order valence-corrected chi connectivity index (χ1v) is 9.61. The predicted molar refractivity (Wildman–Crippen MR) is 103 cm³/mol. The van der Waals surface area contributed by atoms with Gasteiger partial charge in [0.25, 0.3) is 0 Å². The predicted octanol–water partition coefficient (Wildman–Crippen LogP) is 3.17. The number of amides is 2. The second-order valence-electron chi connectivity index (χ2n) is 7.80. The summed E-state index contributed by atoms with van der Waals surface area (Å²) in [6, 6.07) is 8.36. The lowest BCUT2D eigenvalue weighted by Gasteiger charge is -2.21. The van der Waals surface area contributed by atoms with Crippen LogP contribution in [0.1, 0.15) is 53.0 Å². The topological polar surface area (TPSA) is 58.6 Å². The highest BCUT2D eigenvalue weighted by molar-refractivity contribution is 5.89. The van der Waals surface area contributed by atoms with Gasteiger partial charge < -0.3 is 15.0 Å². The largest absolute Gasteiger partial charge is 0.491 e. The normalized spacial score (nSPS) is 18.5. The molecule has 0 spiro atoms. The molecule has 0 saturated carbocycles. The van der Waals surface area contributed by atoms with E-state index in [0.717, 1.165) is 18.6 Å². The van der Waals surface area contributed by atoms with Crippen molar-refractivity contribution >= 4 is 11.8 Å². The number of hydrogen-bond donors (Lipinski definition) is 1. The van der Waals surface area contributed by atoms with Gasteiger partial charge in [0.05, 0.1) is 12.0 Å². The number of nitrogens with zero attached hydrogens (tertiary/aromatic N) is 1. The summed E-state index contributed by atoms with van der Waals surface area (Å²) in [5.41, 5.74) is 1.23. The molecule has 5 nitrogen and oxygen atoms in total. The van der Waals surface area contributed by atoms with E-state index in [-0.39, 0.29) is 35.9 Å². The van der Waals surface area contributed by atoms with Crippen molar-refractivity contribution in [3.63, 3.8) is 0 Å². The Balaban J connectivity index is 1.77. The molecule has 26 heavy (non-hydrogen) atoms. The van der Waals surface area contributed by atoms with Crippen LogP contribution < -0.4 is 10.1 Å². The second kappa shape index (κ2) is 9.06. The van der Waals surface area contributed by atoms with E-state index in [4.69, 9.17) is 4.74 Å². The molecule has 5 heteroatoms. The van der Waals surface area contributed by atoms with Crippen molar-refractivity contribution in [2.45, 2.75) is 72.1 Å². The third kappa shape index (κ3) is 5.75. The molecule has 0 radical (unpaired) electrons. The number of ether oxygens (including phenoxy) is 1. The van der Waals surface area contributed by atoms with E-state index in [1.54, 1.807) is 4.90 Å². The maximum Gasteiger partial charge on any atom is 0.225 e. The molecule has 1 saturated heterocycles. The van der Waals surface area contributed by atoms with Gasteiger partial charge in [-0.15, -0.1) is 0 Å². The van der Waals surface area contributed by atoms with Crippen molar-refractivity contribution in [1.82, 2.24) is 10.2 Å². The number of likely N-dealkylation sites (tertiary alicyclic amines) is 1. The molecule has 1 fully saturated rings. The molecule has 0 aliphatic carbocycles. The van der Waals surface area contributed by atoms with Crippen LogP contribution in [-0.4, -0.2) is 41.4 Å². The number of nitrogens with one attached hydrogen (secondary N) is 1. The summed E-state index contributed by atoms with van der Waals surface area (Å²) >= 11 is 0. The zero-order valence-electron chi connectivity index (χ0n) is 16.6. The zero-order valence-corrected chi connectivity index (χ0v) is 16.6. The highest BCUT2D eigenvalue weighted by atomic mass is 16.5. The molecule has 2 amide bonds. The minimum absolute atomic E-state index is 0.00492. The van der Waals surface area contributed by atoms with Gasteiger partial charge in [0.15, 0.2) is 0 Å². The fraction of sp³-hybridized carbons (Fsp3) is 0.619. The standard InChI is InChI=1S/C21H32N2O3/c1-14(2)23-13-18(12-20(23)24)21(25)22-16(5)6-7-17-8-10-19(11-9-17)26-15(3)4/h8-11,14-16,18H,6-7,12-13H2,1-5H3,(H,22,25). The molecule has 1 aliphatic rings. The number of rotatable bonds is 8. The molecule has 1 aromatic rings. The van der Waals surface area contributed by atoms with Gasteiger partial charge in [-0.1, -0.05) is 12.1 Å². The minimum Gasteiger partial charge on any atom is -0.491 e. The average molecular weight is 360 g/mol. The maximum atomic E-state index is 12.4. The molecule has 2 atom stereocenters. The van der Waals surface area contributed by atoms with Crippen LogP contribution in [0.2, 0.25) is 0 Å². The van der Waals surface area contributed by atoms with Crippen LogP contribution in [0.3, 0.4) is 0 Å². The summed E-state index contributed by atoms with van der Waals surface area (Å²) in [6.07, 6.45) is 2.26. The summed E-state index contributed by atoms with van der Waals surface area (Å²) in [7, 11) is 0. The Morgan fingerprint density at radius 2 is 1.85 bits per heavy atom. The summed E-state index contributed by atoms with van der Waals surface area (Å²) in [5, 5.41) is 3.07. The quantitative estimate of drug-likeness (QED) is 0.775. The van der Waals surface area contributed by atoms with Gasteiger partial charge in [-0.3, -0.25) is 9.59 Å². The molecular formula is C21H32N2O3. The molecule has 0 bridgehead atoms. The van der Waals surface area contributed by atoms with Crippen LogP contribution in [0.25, 0.3) is 0 Å². The van der Waals surface area contributed by atoms with Crippen molar-refractivity contribution in [2.24, 2.45) is 5.92 Å². The third-order valence-corrected chi connectivity index (χ3v) is 4.70. The molecule has 0 aromatic heterocycles. The number of hydrogen-bond acceptors (Lipinski definition) is 3. The van der Waals surface area contributed by atoms with E-state index in [2.05, 4.69) is 17.4 Å². The Kier molecular flexibility index (Phi) is 7.06. The van der Waals surface area contributed by atoms with E-state index in [1.807, 2.05) is 46.8 Å². The lowest BCUT2D eigenvalue weighted by Crippen LogP contribution is -2.39. The van der Waals surface area contributed by atoms with Crippen LogP contribution in [0.4, 0.5) is 0 Å². The fourth-order valence-electron chi connectivity index (χ4n) is 3.23. The Morgan fingerprint density at radius 3 is 2.38 bits per heavy atom. The first-order valence-electron chi connectivity index (χ1n) is 9.61. The van der Waals surface area contributed by atoms with Crippen molar-refractivity contribution in [3.05, 3.63) is 29.8 Å². The molecule has 2 rings (SSSR count). The number of benzene rings is 1.